The molecule has 2 aromatic rings. The molecule has 22 heteroatoms. The van der Waals surface area contributed by atoms with Crippen molar-refractivity contribution in [2.24, 2.45) is 23.7 Å². The first-order chi connectivity index (χ1) is 37.3. The summed E-state index contributed by atoms with van der Waals surface area (Å²) >= 11 is 0. The molecule has 2 fully saturated rings. The summed E-state index contributed by atoms with van der Waals surface area (Å²) in [5, 5.41) is 20.6. The third-order valence-corrected chi connectivity index (χ3v) is 14.0. The van der Waals surface area contributed by atoms with Crippen LogP contribution in [0.1, 0.15) is 132 Å². The highest BCUT2D eigenvalue weighted by Crippen LogP contribution is 2.30. The summed E-state index contributed by atoms with van der Waals surface area (Å²) in [6, 6.07) is 10.1. The molecule has 0 spiro atoms. The van der Waals surface area contributed by atoms with Gasteiger partial charge >= 0.3 is 11.8 Å². The van der Waals surface area contributed by atoms with E-state index >= 15 is 8.78 Å². The van der Waals surface area contributed by atoms with E-state index in [1.54, 1.807) is 88.4 Å². The second-order valence-electron chi connectivity index (χ2n) is 22.0. The lowest BCUT2D eigenvalue weighted by atomic mass is 9.90. The van der Waals surface area contributed by atoms with E-state index in [-0.39, 0.29) is 68.6 Å². The summed E-state index contributed by atoms with van der Waals surface area (Å²) in [6.45, 7) is 15.8. The maximum Gasteiger partial charge on any atom is 0.364 e. The van der Waals surface area contributed by atoms with E-state index < -0.39 is 138 Å². The van der Waals surface area contributed by atoms with Crippen LogP contribution in [-0.2, 0) is 65.6 Å². The van der Waals surface area contributed by atoms with E-state index in [0.717, 1.165) is 0 Å². The van der Waals surface area contributed by atoms with Gasteiger partial charge in [0, 0.05) is 25.9 Å². The molecule has 4 rings (SSSR count). The summed E-state index contributed by atoms with van der Waals surface area (Å²) < 4.78 is 60.1. The van der Waals surface area contributed by atoms with Crippen LogP contribution in [0.2, 0.25) is 0 Å². The van der Waals surface area contributed by atoms with E-state index in [1.807, 2.05) is 0 Å². The van der Waals surface area contributed by atoms with Crippen LogP contribution in [0.5, 0.6) is 0 Å². The molecule has 442 valence electrons. The number of Topliss-reactive ketones (excluding diaryl/α,β-unsaturated/α-hetero) is 5. The van der Waals surface area contributed by atoms with Crippen molar-refractivity contribution in [2.45, 2.75) is 188 Å². The minimum Gasteiger partial charge on any atom is -0.384 e. The van der Waals surface area contributed by atoms with Crippen LogP contribution in [-0.4, -0.2) is 147 Å². The SMILES string of the molecule is CC(=O)CC(=O)N[C@H](C(=O)N1CCCC1C(=O)N[C@@H](C(C)C)C(O)C(F)(F)C(=O)CCc1ccccc1)C(C)C.CC(=O)CC(=O)N[C@H](C(=O)N1CCCC1C(=O)N[C@H](C(=O)C(F)(F)C(=O)CCc1ccccc1)C(C)C)C(C)C. The van der Waals surface area contributed by atoms with Crippen molar-refractivity contribution in [2.75, 3.05) is 13.1 Å². The molecule has 7 atom stereocenters. The largest absolute Gasteiger partial charge is 0.384 e. The van der Waals surface area contributed by atoms with Crippen LogP contribution in [0.15, 0.2) is 60.7 Å². The number of halogens is 4. The number of nitrogens with zero attached hydrogens (tertiary/aromatic N) is 2. The molecule has 0 saturated carbocycles. The van der Waals surface area contributed by atoms with Crippen LogP contribution in [0.25, 0.3) is 0 Å². The summed E-state index contributed by atoms with van der Waals surface area (Å²) in [5.41, 5.74) is 1.38. The number of rotatable bonds is 28. The number of aliphatic hydroxyl groups excluding tert-OH is 1. The Labute approximate surface area is 465 Å². The van der Waals surface area contributed by atoms with Crippen molar-refractivity contribution >= 4 is 64.4 Å². The Balaban J connectivity index is 0.000000420. The first-order valence-corrected chi connectivity index (χ1v) is 27.2. The monoisotopic (exact) mass is 1130 g/mol. The quantitative estimate of drug-likeness (QED) is 0.0552. The fourth-order valence-corrected chi connectivity index (χ4v) is 9.40. The lowest BCUT2D eigenvalue weighted by molar-refractivity contribution is -0.167. The van der Waals surface area contributed by atoms with Crippen LogP contribution < -0.4 is 21.3 Å². The Morgan fingerprint density at radius 3 is 1.27 bits per heavy atom. The van der Waals surface area contributed by atoms with Gasteiger partial charge in [-0.15, -0.1) is 0 Å². The highest BCUT2D eigenvalue weighted by atomic mass is 19.3. The van der Waals surface area contributed by atoms with E-state index in [2.05, 4.69) is 21.3 Å². The van der Waals surface area contributed by atoms with Crippen LogP contribution >= 0.6 is 0 Å². The number of aliphatic hydroxyl groups is 1. The molecule has 6 amide bonds. The molecule has 2 saturated heterocycles. The fraction of sp³-hybridized carbons (Fsp3) is 0.603. The Kier molecular flexibility index (Phi) is 26.0. The number of amides is 6. The fourth-order valence-electron chi connectivity index (χ4n) is 9.40. The molecule has 2 aromatic carbocycles. The Morgan fingerprint density at radius 1 is 0.537 bits per heavy atom. The van der Waals surface area contributed by atoms with Gasteiger partial charge in [0.25, 0.3) is 0 Å². The van der Waals surface area contributed by atoms with Gasteiger partial charge in [-0.05, 0) is 87.2 Å². The number of carbonyl (C=O) groups is 11. The van der Waals surface area contributed by atoms with Crippen LogP contribution in [0, 0.1) is 23.7 Å². The van der Waals surface area contributed by atoms with Crippen LogP contribution in [0.4, 0.5) is 17.6 Å². The van der Waals surface area contributed by atoms with Gasteiger partial charge in [-0.1, -0.05) is 116 Å². The Morgan fingerprint density at radius 2 is 0.912 bits per heavy atom. The molecule has 2 aliphatic heterocycles. The molecular weight excluding hydrogens is 1050 g/mol. The summed E-state index contributed by atoms with van der Waals surface area (Å²) in [7, 11) is 0. The predicted molar refractivity (Wildman–Crippen MR) is 288 cm³/mol. The van der Waals surface area contributed by atoms with Gasteiger partial charge in [0.05, 0.1) is 24.9 Å². The number of likely N-dealkylation sites (tertiary alicyclic amines) is 2. The first kappa shape index (κ1) is 67.6. The third-order valence-electron chi connectivity index (χ3n) is 14.0. The molecular formula is C58H80F4N6O12. The van der Waals surface area contributed by atoms with Gasteiger partial charge in [0.1, 0.15) is 41.8 Å². The third kappa shape index (κ3) is 19.2. The second-order valence-corrected chi connectivity index (χ2v) is 22.0. The van der Waals surface area contributed by atoms with Crippen molar-refractivity contribution in [3.63, 3.8) is 0 Å². The highest BCUT2D eigenvalue weighted by Gasteiger charge is 2.52. The van der Waals surface area contributed by atoms with Gasteiger partial charge in [-0.2, -0.15) is 17.6 Å². The zero-order chi connectivity index (χ0) is 60.4. The van der Waals surface area contributed by atoms with Gasteiger partial charge in [-0.3, -0.25) is 52.7 Å². The number of hydrogen-bond acceptors (Lipinski definition) is 12. The minimum absolute atomic E-state index is 0.0420. The lowest BCUT2D eigenvalue weighted by Gasteiger charge is -2.35. The average Bonchev–Trinajstić information content (AvgIpc) is 4.10. The number of hydrogen-bond donors (Lipinski definition) is 5. The van der Waals surface area contributed by atoms with Crippen LogP contribution in [0.3, 0.4) is 0 Å². The number of ketones is 5. The first-order valence-electron chi connectivity index (χ1n) is 27.2. The maximum absolute atomic E-state index is 15.1. The Bertz CT molecular complexity index is 2510. The van der Waals surface area contributed by atoms with Gasteiger partial charge in [0.2, 0.25) is 52.8 Å². The van der Waals surface area contributed by atoms with Crippen molar-refractivity contribution in [3.05, 3.63) is 71.8 Å². The molecule has 2 heterocycles. The second kappa shape index (κ2) is 30.8. The maximum atomic E-state index is 15.1. The smallest absolute Gasteiger partial charge is 0.364 e. The number of aryl methyl sites for hydroxylation is 2. The zero-order valence-corrected chi connectivity index (χ0v) is 47.5. The van der Waals surface area contributed by atoms with Gasteiger partial charge < -0.3 is 36.2 Å². The topological polar surface area (TPSA) is 263 Å². The summed E-state index contributed by atoms with van der Waals surface area (Å²) in [6.07, 6.45) is -2.73. The summed E-state index contributed by atoms with van der Waals surface area (Å²) in [5.74, 6) is -19.7. The van der Waals surface area contributed by atoms with Crippen molar-refractivity contribution in [1.29, 1.82) is 0 Å². The van der Waals surface area contributed by atoms with E-state index in [1.165, 1.54) is 51.3 Å². The number of carbonyl (C=O) groups excluding carboxylic acids is 11. The number of nitrogens with one attached hydrogen (secondary N) is 4. The molecule has 5 N–H and O–H groups in total. The summed E-state index contributed by atoms with van der Waals surface area (Å²) in [4.78, 5) is 140. The highest BCUT2D eigenvalue weighted by molar-refractivity contribution is 6.11. The molecule has 2 aliphatic rings. The molecule has 18 nitrogen and oxygen atoms in total. The average molecular weight is 1130 g/mol. The van der Waals surface area contributed by atoms with E-state index in [9.17, 15) is 66.6 Å². The number of benzene rings is 2. The van der Waals surface area contributed by atoms with E-state index in [0.29, 0.717) is 24.0 Å². The minimum atomic E-state index is -4.30. The van der Waals surface area contributed by atoms with Crippen molar-refractivity contribution in [1.82, 2.24) is 31.1 Å². The zero-order valence-electron chi connectivity index (χ0n) is 47.5. The lowest BCUT2D eigenvalue weighted by Crippen LogP contribution is -2.60. The van der Waals surface area contributed by atoms with Crippen molar-refractivity contribution in [3.8, 4) is 0 Å². The molecule has 0 bridgehead atoms. The van der Waals surface area contributed by atoms with Gasteiger partial charge in [-0.25, -0.2) is 0 Å². The molecule has 0 aromatic heterocycles. The number of alkyl halides is 4. The predicted octanol–water partition coefficient (Wildman–Crippen LogP) is 5.08. The molecule has 0 aliphatic carbocycles. The Hall–Kier alpha value is -6.71. The molecule has 0 radical (unpaired) electrons. The molecule has 80 heavy (non-hydrogen) atoms. The van der Waals surface area contributed by atoms with Gasteiger partial charge in [0.15, 0.2) is 0 Å². The normalized spacial score (nSPS) is 17.4. The van der Waals surface area contributed by atoms with E-state index in [4.69, 9.17) is 0 Å². The molecule has 3 unspecified atom stereocenters. The van der Waals surface area contributed by atoms with Crippen molar-refractivity contribution < 1.29 is 75.4 Å². The standard InChI is InChI=1S/C29H41F2N3O6.C29H39F2N3O6/c2*1-17(2)24(26(38)29(30,31)22(36)14-13-20-10-7-6-8-11-20)33-27(39)21-12-9-15-34(21)28(40)25(18(3)4)32-23(37)16-19(5)35/h6-8,10-11,17-18,21,24-26,38H,9,12-16H2,1-5H3,(H,32,37)(H,33,39);6-8,10-11,17-18,21,24-25H,9,12-16H2,1-5H3,(H,32,37)(H,33,39)/t21?,24-,25-,26?;21?,24-,25-/m00/s1.